The van der Waals surface area contributed by atoms with E-state index in [9.17, 15) is 4.79 Å². The third-order valence-electron chi connectivity index (χ3n) is 7.39. The van der Waals surface area contributed by atoms with Gasteiger partial charge in [-0.15, -0.1) is 12.4 Å². The molecule has 1 aromatic carbocycles. The van der Waals surface area contributed by atoms with Gasteiger partial charge in [0, 0.05) is 31.0 Å². The number of hydrogen-bond donors (Lipinski definition) is 1. The molecule has 1 aliphatic heterocycles. The number of amidine groups is 1. The molecule has 1 saturated heterocycles. The molecule has 4 saturated carbocycles. The lowest BCUT2D eigenvalue weighted by atomic mass is 9.53. The summed E-state index contributed by atoms with van der Waals surface area (Å²) in [6, 6.07) is 7.70. The maximum atomic E-state index is 12.6. The summed E-state index contributed by atoms with van der Waals surface area (Å²) in [4.78, 5) is 20.2. The number of aliphatic imine (C=N–C) groups is 1. The van der Waals surface area contributed by atoms with E-state index in [2.05, 4.69) is 17.3 Å². The van der Waals surface area contributed by atoms with Gasteiger partial charge in [0.15, 0.2) is 5.17 Å². The molecule has 1 heterocycles. The minimum atomic E-state index is 0. The summed E-state index contributed by atoms with van der Waals surface area (Å²) in [5, 5.41) is 4.17. The van der Waals surface area contributed by atoms with Crippen LogP contribution in [0.4, 0.5) is 5.69 Å². The Labute approximate surface area is 189 Å². The largest absolute Gasteiger partial charge is 0.497 e. The van der Waals surface area contributed by atoms with Crippen LogP contribution in [-0.4, -0.2) is 47.5 Å². The van der Waals surface area contributed by atoms with Crippen LogP contribution in [0.15, 0.2) is 29.3 Å². The Hall–Kier alpha value is -1.40. The standard InChI is InChI=1S/C23H31N3O2S.ClH/c1-26-19(10-21(27)24-18-3-5-20(28-2)6-4-18)14-29-22(26)25-23-11-15-7-16(12-23)9-17(8-15)13-23;/h3-6,15-17,19H,7-14H2,1-2H3,(H,24,27);1H/b25-22-;. The first-order valence-electron chi connectivity index (χ1n) is 10.9. The van der Waals surface area contributed by atoms with Crippen molar-refractivity contribution in [3.05, 3.63) is 24.3 Å². The molecule has 1 amide bonds. The number of hydrogen-bond acceptors (Lipinski definition) is 4. The van der Waals surface area contributed by atoms with E-state index in [4.69, 9.17) is 9.73 Å². The summed E-state index contributed by atoms with van der Waals surface area (Å²) >= 11 is 1.84. The number of nitrogens with zero attached hydrogens (tertiary/aromatic N) is 2. The van der Waals surface area contributed by atoms with E-state index in [1.54, 1.807) is 7.11 Å². The van der Waals surface area contributed by atoms with Gasteiger partial charge in [-0.1, -0.05) is 11.8 Å². The first-order valence-corrected chi connectivity index (χ1v) is 11.9. The number of amides is 1. The fourth-order valence-electron chi connectivity index (χ4n) is 6.35. The smallest absolute Gasteiger partial charge is 0.226 e. The van der Waals surface area contributed by atoms with Gasteiger partial charge in [-0.3, -0.25) is 9.79 Å². The van der Waals surface area contributed by atoms with Crippen molar-refractivity contribution < 1.29 is 9.53 Å². The van der Waals surface area contributed by atoms with Crippen molar-refractivity contribution in [1.82, 2.24) is 4.90 Å². The van der Waals surface area contributed by atoms with Gasteiger partial charge >= 0.3 is 0 Å². The molecular weight excluding hydrogens is 418 g/mol. The Bertz CT molecular complexity index is 778. The zero-order valence-corrected chi connectivity index (χ0v) is 19.4. The van der Waals surface area contributed by atoms with E-state index in [0.717, 1.165) is 40.1 Å². The van der Waals surface area contributed by atoms with Gasteiger partial charge in [0.1, 0.15) is 5.75 Å². The fourth-order valence-corrected chi connectivity index (χ4v) is 7.65. The molecule has 1 atom stereocenters. The van der Waals surface area contributed by atoms with Crippen molar-refractivity contribution in [1.29, 1.82) is 0 Å². The predicted molar refractivity (Wildman–Crippen MR) is 126 cm³/mol. The third kappa shape index (κ3) is 4.31. The number of ether oxygens (including phenoxy) is 1. The van der Waals surface area contributed by atoms with Crippen LogP contribution in [0.3, 0.4) is 0 Å². The van der Waals surface area contributed by atoms with Gasteiger partial charge in [0.05, 0.1) is 12.6 Å². The maximum Gasteiger partial charge on any atom is 0.226 e. The van der Waals surface area contributed by atoms with Crippen LogP contribution in [-0.2, 0) is 4.79 Å². The molecule has 4 aliphatic carbocycles. The van der Waals surface area contributed by atoms with Crippen molar-refractivity contribution in [2.45, 2.75) is 56.5 Å². The van der Waals surface area contributed by atoms with Crippen LogP contribution in [0.5, 0.6) is 5.75 Å². The topological polar surface area (TPSA) is 53.9 Å². The van der Waals surface area contributed by atoms with E-state index in [1.165, 1.54) is 38.5 Å². The Kier molecular flexibility index (Phi) is 6.27. The molecule has 5 fully saturated rings. The van der Waals surface area contributed by atoms with Crippen molar-refractivity contribution >= 4 is 40.9 Å². The van der Waals surface area contributed by atoms with Crippen LogP contribution >= 0.6 is 24.2 Å². The van der Waals surface area contributed by atoms with Crippen molar-refractivity contribution in [2.75, 3.05) is 25.2 Å². The average Bonchev–Trinajstić information content (AvgIpc) is 3.00. The number of halogens is 1. The third-order valence-corrected chi connectivity index (χ3v) is 8.58. The number of anilines is 1. The highest BCUT2D eigenvalue weighted by Crippen LogP contribution is 2.57. The Morgan fingerprint density at radius 3 is 2.33 bits per heavy atom. The van der Waals surface area contributed by atoms with Gasteiger partial charge in [0.2, 0.25) is 5.91 Å². The second kappa shape index (κ2) is 8.62. The summed E-state index contributed by atoms with van der Waals surface area (Å²) in [5.41, 5.74) is 1.01. The van der Waals surface area contributed by atoms with Crippen molar-refractivity contribution in [3.63, 3.8) is 0 Å². The quantitative estimate of drug-likeness (QED) is 0.700. The van der Waals surface area contributed by atoms with Crippen LogP contribution in [0.25, 0.3) is 0 Å². The summed E-state index contributed by atoms with van der Waals surface area (Å²) in [6.45, 7) is 0. The van der Waals surface area contributed by atoms with E-state index in [0.29, 0.717) is 6.42 Å². The predicted octanol–water partition coefficient (Wildman–Crippen LogP) is 4.82. The normalized spacial score (nSPS) is 35.4. The lowest BCUT2D eigenvalue weighted by molar-refractivity contribution is -0.116. The minimum absolute atomic E-state index is 0. The van der Waals surface area contributed by atoms with Crippen LogP contribution < -0.4 is 10.1 Å². The second-order valence-electron chi connectivity index (χ2n) is 9.59. The van der Waals surface area contributed by atoms with Gasteiger partial charge in [-0.2, -0.15) is 0 Å². The fraction of sp³-hybridized carbons (Fsp3) is 0.652. The minimum Gasteiger partial charge on any atom is -0.497 e. The highest BCUT2D eigenvalue weighted by atomic mass is 35.5. The molecule has 0 radical (unpaired) electrons. The molecule has 6 rings (SSSR count). The molecule has 1 aromatic rings. The zero-order chi connectivity index (χ0) is 20.0. The van der Waals surface area contributed by atoms with Crippen molar-refractivity contribution in [3.8, 4) is 5.75 Å². The number of rotatable bonds is 5. The Morgan fingerprint density at radius 1 is 1.17 bits per heavy atom. The Morgan fingerprint density at radius 2 is 1.77 bits per heavy atom. The number of methoxy groups -OCH3 is 1. The molecule has 1 unspecified atom stereocenters. The van der Waals surface area contributed by atoms with Crippen molar-refractivity contribution in [2.24, 2.45) is 22.7 Å². The number of thioether (sulfide) groups is 1. The van der Waals surface area contributed by atoms with E-state index >= 15 is 0 Å². The number of benzene rings is 1. The molecule has 5 aliphatic rings. The Balaban J connectivity index is 0.00000218. The van der Waals surface area contributed by atoms with Gasteiger partial charge in [-0.05, 0) is 80.5 Å². The molecule has 30 heavy (non-hydrogen) atoms. The number of nitrogens with one attached hydrogen (secondary N) is 1. The lowest BCUT2D eigenvalue weighted by Gasteiger charge is -2.55. The van der Waals surface area contributed by atoms with E-state index in [-0.39, 0.29) is 29.9 Å². The van der Waals surface area contributed by atoms with Gasteiger partial charge in [0.25, 0.3) is 0 Å². The first-order chi connectivity index (χ1) is 14.0. The monoisotopic (exact) mass is 449 g/mol. The second-order valence-corrected chi connectivity index (χ2v) is 10.6. The molecule has 0 spiro atoms. The summed E-state index contributed by atoms with van der Waals surface area (Å²) in [6.07, 6.45) is 8.71. The molecule has 4 bridgehead atoms. The summed E-state index contributed by atoms with van der Waals surface area (Å²) < 4.78 is 5.17. The maximum absolute atomic E-state index is 12.6. The SMILES string of the molecule is COc1ccc(NC(=O)CC2CS/C(=N\C34CC5CC(CC(C5)C3)C4)N2C)cc1.Cl. The highest BCUT2D eigenvalue weighted by molar-refractivity contribution is 8.14. The van der Waals surface area contributed by atoms with Crippen LogP contribution in [0.2, 0.25) is 0 Å². The highest BCUT2D eigenvalue weighted by Gasteiger charge is 2.51. The zero-order valence-electron chi connectivity index (χ0n) is 17.8. The molecule has 5 nitrogen and oxygen atoms in total. The molecule has 164 valence electrons. The summed E-state index contributed by atoms with van der Waals surface area (Å²) in [5.74, 6) is 4.52. The van der Waals surface area contributed by atoms with E-state index < -0.39 is 0 Å². The van der Waals surface area contributed by atoms with Gasteiger partial charge < -0.3 is 15.0 Å². The van der Waals surface area contributed by atoms with Crippen LogP contribution in [0.1, 0.15) is 44.9 Å². The summed E-state index contributed by atoms with van der Waals surface area (Å²) in [7, 11) is 3.76. The molecule has 0 aromatic heterocycles. The first kappa shape index (κ1) is 21.8. The number of carbonyl (C=O) groups excluding carboxylic acids is 1. The van der Waals surface area contributed by atoms with E-state index in [1.807, 2.05) is 36.0 Å². The lowest BCUT2D eigenvalue weighted by Crippen LogP contribution is -2.50. The van der Waals surface area contributed by atoms with Gasteiger partial charge in [-0.25, -0.2) is 0 Å². The number of carbonyl (C=O) groups is 1. The molecule has 1 N–H and O–H groups in total. The molecule has 7 heteroatoms. The molecular formula is C23H32ClN3O2S. The average molecular weight is 450 g/mol. The van der Waals surface area contributed by atoms with Crippen LogP contribution in [0, 0.1) is 17.8 Å².